The average Bonchev–Trinajstić information content (AvgIpc) is 2.86. The highest BCUT2D eigenvalue weighted by Crippen LogP contribution is 2.28. The number of aliphatic hydroxyl groups is 1. The largest absolute Gasteiger partial charge is 0.493 e. The van der Waals surface area contributed by atoms with E-state index < -0.39 is 12.1 Å². The van der Waals surface area contributed by atoms with Crippen molar-refractivity contribution >= 4 is 17.7 Å². The highest BCUT2D eigenvalue weighted by Gasteiger charge is 2.22. The number of aromatic nitrogens is 2. The van der Waals surface area contributed by atoms with Crippen LogP contribution in [0.2, 0.25) is 0 Å². The minimum absolute atomic E-state index is 0.118. The number of carboxylic acid groups (broad SMARTS) is 1. The van der Waals surface area contributed by atoms with E-state index in [-0.39, 0.29) is 18.0 Å². The van der Waals surface area contributed by atoms with Gasteiger partial charge in [-0.25, -0.2) is 4.79 Å². The van der Waals surface area contributed by atoms with Crippen LogP contribution in [0, 0.1) is 5.92 Å². The summed E-state index contributed by atoms with van der Waals surface area (Å²) in [5.74, 6) is 0.437. The Morgan fingerprint density at radius 1 is 1.32 bits per heavy atom. The van der Waals surface area contributed by atoms with Gasteiger partial charge >= 0.3 is 11.7 Å². The van der Waals surface area contributed by atoms with E-state index >= 15 is 0 Å². The van der Waals surface area contributed by atoms with Crippen molar-refractivity contribution in [3.63, 3.8) is 0 Å². The van der Waals surface area contributed by atoms with Crippen molar-refractivity contribution in [2.24, 2.45) is 5.92 Å². The lowest BCUT2D eigenvalue weighted by Gasteiger charge is -2.26. The maximum atomic E-state index is 12.0. The summed E-state index contributed by atoms with van der Waals surface area (Å²) in [6.07, 6.45) is 6.38. The highest BCUT2D eigenvalue weighted by atomic mass is 32.2. The van der Waals surface area contributed by atoms with E-state index in [1.807, 2.05) is 0 Å². The molecule has 1 atom stereocenters. The van der Waals surface area contributed by atoms with Crippen LogP contribution in [-0.2, 0) is 17.1 Å². The number of nitrogens with zero attached hydrogens (tertiary/aromatic N) is 1. The van der Waals surface area contributed by atoms with Gasteiger partial charge < -0.3 is 15.3 Å². The first-order valence-corrected chi connectivity index (χ1v) is 10.1. The van der Waals surface area contributed by atoms with Crippen molar-refractivity contribution < 1.29 is 20.1 Å². The molecule has 0 radical (unpaired) electrons. The van der Waals surface area contributed by atoms with Gasteiger partial charge in [0, 0.05) is 18.7 Å². The van der Waals surface area contributed by atoms with Crippen molar-refractivity contribution in [3.8, 4) is 5.88 Å². The van der Waals surface area contributed by atoms with E-state index in [2.05, 4.69) is 4.98 Å². The molecule has 0 aliphatic heterocycles. The van der Waals surface area contributed by atoms with Crippen LogP contribution in [0.5, 0.6) is 5.88 Å². The molecule has 0 bridgehead atoms. The predicted molar refractivity (Wildman–Crippen MR) is 96.9 cm³/mol. The lowest BCUT2D eigenvalue weighted by molar-refractivity contribution is -0.137. The van der Waals surface area contributed by atoms with Crippen LogP contribution >= 0.6 is 11.8 Å². The second-order valence-electron chi connectivity index (χ2n) is 6.68. The Hall–Kier alpha value is -1.41. The lowest BCUT2D eigenvalue weighted by Crippen LogP contribution is -2.27. The number of aliphatic carboxylic acids is 1. The van der Waals surface area contributed by atoms with E-state index in [0.29, 0.717) is 42.5 Å². The minimum atomic E-state index is -0.821. The second kappa shape index (κ2) is 9.91. The molecule has 25 heavy (non-hydrogen) atoms. The third kappa shape index (κ3) is 6.11. The first-order chi connectivity index (χ1) is 12.0. The van der Waals surface area contributed by atoms with Crippen LogP contribution in [0.1, 0.15) is 57.1 Å². The third-order valence-corrected chi connectivity index (χ3v) is 5.89. The Balaban J connectivity index is 1.86. The second-order valence-corrected chi connectivity index (χ2v) is 7.79. The molecule has 1 heterocycles. The molecule has 4 N–H and O–H groups in total. The van der Waals surface area contributed by atoms with Gasteiger partial charge in [-0.05, 0) is 37.4 Å². The number of aromatic hydroxyl groups is 1. The molecule has 1 unspecified atom stereocenters. The van der Waals surface area contributed by atoms with Crippen LogP contribution in [0.25, 0.3) is 0 Å². The molecule has 1 aromatic rings. The summed E-state index contributed by atoms with van der Waals surface area (Å²) in [6.45, 7) is 0.374. The normalized spacial score (nSPS) is 16.8. The Morgan fingerprint density at radius 3 is 2.72 bits per heavy atom. The van der Waals surface area contributed by atoms with Gasteiger partial charge in [-0.1, -0.05) is 19.3 Å². The van der Waals surface area contributed by atoms with Crippen molar-refractivity contribution in [1.82, 2.24) is 9.55 Å². The summed E-state index contributed by atoms with van der Waals surface area (Å²) < 4.78 is 1.49. The molecule has 142 valence electrons. The maximum absolute atomic E-state index is 12.0. The number of aliphatic hydroxyl groups excluding tert-OH is 1. The van der Waals surface area contributed by atoms with Gasteiger partial charge in [0.25, 0.3) is 0 Å². The fourth-order valence-electron chi connectivity index (χ4n) is 3.38. The number of carbonyl (C=O) groups is 1. The molecular formula is C17H28N2O5S. The van der Waals surface area contributed by atoms with E-state index in [0.717, 1.165) is 25.7 Å². The number of hydrogen-bond donors (Lipinski definition) is 4. The van der Waals surface area contributed by atoms with Gasteiger partial charge in [0.05, 0.1) is 11.8 Å². The number of rotatable bonds is 10. The van der Waals surface area contributed by atoms with Crippen LogP contribution in [-0.4, -0.2) is 42.7 Å². The van der Waals surface area contributed by atoms with Crippen LogP contribution in [0.3, 0.4) is 0 Å². The molecule has 1 aliphatic carbocycles. The number of H-pyrrole nitrogens is 1. The zero-order chi connectivity index (χ0) is 18.2. The zero-order valence-electron chi connectivity index (χ0n) is 14.4. The van der Waals surface area contributed by atoms with Gasteiger partial charge in [-0.2, -0.15) is 11.8 Å². The summed E-state index contributed by atoms with van der Waals surface area (Å²) in [5, 5.41) is 28.9. The molecular weight excluding hydrogens is 344 g/mol. The molecule has 1 saturated carbocycles. The first kappa shape index (κ1) is 19.9. The number of imidazole rings is 1. The third-order valence-electron chi connectivity index (χ3n) is 4.83. The molecule has 1 aromatic heterocycles. The quantitative estimate of drug-likeness (QED) is 0.469. The lowest BCUT2D eigenvalue weighted by atomic mass is 9.84. The summed E-state index contributed by atoms with van der Waals surface area (Å²) >= 11 is 1.49. The van der Waals surface area contributed by atoms with Crippen molar-refractivity contribution in [3.05, 3.63) is 16.2 Å². The molecule has 1 fully saturated rings. The van der Waals surface area contributed by atoms with E-state index in [9.17, 15) is 19.8 Å². The monoisotopic (exact) mass is 372 g/mol. The summed E-state index contributed by atoms with van der Waals surface area (Å²) in [5.41, 5.74) is 0.149. The molecule has 0 amide bonds. The number of carboxylic acids is 1. The number of thioether (sulfide) groups is 1. The molecule has 7 nitrogen and oxygen atoms in total. The Bertz CT molecular complexity index is 607. The standard InChI is InChI=1S/C17H28N2O5S/c20-14(12-5-2-1-3-6-12)8-9-19-13(16(23)18-17(19)24)11-25-10-4-7-15(21)22/h12,14,20,23H,1-11H2,(H,18,24)(H,21,22). The van der Waals surface area contributed by atoms with Crippen molar-refractivity contribution in [2.45, 2.75) is 69.8 Å². The fraction of sp³-hybridized carbons (Fsp3) is 0.765. The van der Waals surface area contributed by atoms with E-state index in [4.69, 9.17) is 5.11 Å². The maximum Gasteiger partial charge on any atom is 0.328 e. The number of nitrogens with one attached hydrogen (secondary N) is 1. The predicted octanol–water partition coefficient (Wildman–Crippen LogP) is 2.31. The zero-order valence-corrected chi connectivity index (χ0v) is 15.3. The van der Waals surface area contributed by atoms with Gasteiger partial charge in [0.1, 0.15) is 0 Å². The van der Waals surface area contributed by atoms with E-state index in [1.165, 1.54) is 22.7 Å². The molecule has 2 rings (SSSR count). The Labute approximate surface area is 151 Å². The van der Waals surface area contributed by atoms with Crippen molar-refractivity contribution in [2.75, 3.05) is 5.75 Å². The molecule has 0 spiro atoms. The van der Waals surface area contributed by atoms with E-state index in [1.54, 1.807) is 0 Å². The SMILES string of the molecule is O=C(O)CCCSCc1c(O)[nH]c(=O)n1CCC(O)C1CCCCC1. The number of hydrogen-bond acceptors (Lipinski definition) is 5. The topological polar surface area (TPSA) is 116 Å². The molecule has 0 saturated heterocycles. The Morgan fingerprint density at radius 2 is 2.04 bits per heavy atom. The van der Waals surface area contributed by atoms with Gasteiger partial charge in [-0.3, -0.25) is 14.3 Å². The smallest absolute Gasteiger partial charge is 0.328 e. The fourth-order valence-corrected chi connectivity index (χ4v) is 4.36. The van der Waals surface area contributed by atoms with Crippen LogP contribution in [0.15, 0.2) is 4.79 Å². The summed E-state index contributed by atoms with van der Waals surface area (Å²) in [7, 11) is 0. The molecule has 1 aliphatic rings. The number of aromatic amines is 1. The van der Waals surface area contributed by atoms with Crippen LogP contribution in [0.4, 0.5) is 0 Å². The molecule has 8 heteroatoms. The first-order valence-electron chi connectivity index (χ1n) is 8.97. The van der Waals surface area contributed by atoms with Crippen LogP contribution < -0.4 is 5.69 Å². The minimum Gasteiger partial charge on any atom is -0.493 e. The van der Waals surface area contributed by atoms with Gasteiger partial charge in [0.2, 0.25) is 5.88 Å². The van der Waals surface area contributed by atoms with Gasteiger partial charge in [-0.15, -0.1) is 0 Å². The Kier molecular flexibility index (Phi) is 7.90. The summed E-state index contributed by atoms with van der Waals surface area (Å²) in [6, 6.07) is 0. The summed E-state index contributed by atoms with van der Waals surface area (Å²) in [4.78, 5) is 24.9. The average molecular weight is 372 g/mol. The van der Waals surface area contributed by atoms with Crippen molar-refractivity contribution in [1.29, 1.82) is 0 Å². The molecule has 0 aromatic carbocycles. The van der Waals surface area contributed by atoms with Gasteiger partial charge in [0.15, 0.2) is 0 Å². The highest BCUT2D eigenvalue weighted by molar-refractivity contribution is 7.98.